The number of nitrogens with one attached hydrogen (secondary N) is 1. The quantitative estimate of drug-likeness (QED) is 0.402. The van der Waals surface area contributed by atoms with Crippen LogP contribution in [0.25, 0.3) is 16.9 Å². The molecule has 0 spiro atoms. The zero-order chi connectivity index (χ0) is 23.7. The number of hydrogen-bond donors (Lipinski definition) is 1. The van der Waals surface area contributed by atoms with Crippen LogP contribution in [0.2, 0.25) is 0 Å². The lowest BCUT2D eigenvalue weighted by atomic mass is 10.1. The molecule has 12 heteroatoms. The van der Waals surface area contributed by atoms with Gasteiger partial charge in [0, 0.05) is 37.5 Å². The SMILES string of the molecule is Cn1nccc1Nc1nccc(-c2ccn3c(Cc4ccc(OC(F)(F)F)cc4)nnc3c2)n1. The summed E-state index contributed by atoms with van der Waals surface area (Å²) in [6.07, 6.45) is 0.832. The Labute approximate surface area is 190 Å². The van der Waals surface area contributed by atoms with Crippen molar-refractivity contribution in [3.05, 3.63) is 78.5 Å². The Bertz CT molecular complexity index is 1440. The molecule has 1 N–H and O–H groups in total. The Hall–Kier alpha value is -4.48. The number of alkyl halides is 3. The topological polar surface area (TPSA) is 95.1 Å². The fraction of sp³-hybridized carbons (Fsp3) is 0.136. The Morgan fingerprint density at radius 2 is 1.82 bits per heavy atom. The molecule has 0 unspecified atom stereocenters. The van der Waals surface area contributed by atoms with Crippen LogP contribution >= 0.6 is 0 Å². The van der Waals surface area contributed by atoms with E-state index in [4.69, 9.17) is 0 Å². The summed E-state index contributed by atoms with van der Waals surface area (Å²) in [7, 11) is 1.81. The van der Waals surface area contributed by atoms with Crippen molar-refractivity contribution in [2.45, 2.75) is 12.8 Å². The first kappa shape index (κ1) is 21.4. The molecule has 34 heavy (non-hydrogen) atoms. The van der Waals surface area contributed by atoms with Crippen LogP contribution < -0.4 is 10.1 Å². The number of rotatable bonds is 6. The normalized spacial score (nSPS) is 11.6. The summed E-state index contributed by atoms with van der Waals surface area (Å²) in [5.74, 6) is 1.56. The molecule has 0 atom stereocenters. The number of aromatic nitrogens is 7. The average Bonchev–Trinajstić information content (AvgIpc) is 3.40. The molecule has 5 rings (SSSR count). The number of ether oxygens (including phenoxy) is 1. The van der Waals surface area contributed by atoms with Crippen LogP contribution in [0.5, 0.6) is 5.75 Å². The van der Waals surface area contributed by atoms with Gasteiger partial charge in [0.25, 0.3) is 0 Å². The van der Waals surface area contributed by atoms with Crippen molar-refractivity contribution >= 4 is 17.4 Å². The van der Waals surface area contributed by atoms with Crippen molar-refractivity contribution < 1.29 is 17.9 Å². The van der Waals surface area contributed by atoms with Gasteiger partial charge in [-0.05, 0) is 35.9 Å². The minimum atomic E-state index is -4.72. The minimum Gasteiger partial charge on any atom is -0.406 e. The fourth-order valence-corrected chi connectivity index (χ4v) is 3.40. The second-order valence-corrected chi connectivity index (χ2v) is 7.36. The molecule has 0 fully saturated rings. The van der Waals surface area contributed by atoms with Gasteiger partial charge >= 0.3 is 6.36 Å². The number of benzene rings is 1. The summed E-state index contributed by atoms with van der Waals surface area (Å²) in [6.45, 7) is 0. The number of fused-ring (bicyclic) bond motifs is 1. The van der Waals surface area contributed by atoms with Crippen LogP contribution in [-0.2, 0) is 13.5 Å². The van der Waals surface area contributed by atoms with E-state index in [2.05, 4.69) is 35.3 Å². The molecule has 4 aromatic heterocycles. The highest BCUT2D eigenvalue weighted by molar-refractivity contribution is 5.65. The molecule has 172 valence electrons. The van der Waals surface area contributed by atoms with Gasteiger partial charge in [-0.3, -0.25) is 9.08 Å². The molecule has 5 aromatic rings. The van der Waals surface area contributed by atoms with Gasteiger partial charge in [-0.15, -0.1) is 23.4 Å². The van der Waals surface area contributed by atoms with Gasteiger partial charge in [0.2, 0.25) is 5.95 Å². The van der Waals surface area contributed by atoms with Crippen molar-refractivity contribution in [2.24, 2.45) is 7.05 Å². The first-order valence-corrected chi connectivity index (χ1v) is 10.1. The molecular weight excluding hydrogens is 449 g/mol. The van der Waals surface area contributed by atoms with Crippen LogP contribution in [0.4, 0.5) is 24.9 Å². The summed E-state index contributed by atoms with van der Waals surface area (Å²) >= 11 is 0. The first-order valence-electron chi connectivity index (χ1n) is 10.1. The van der Waals surface area contributed by atoms with Gasteiger partial charge in [0.05, 0.1) is 11.9 Å². The second-order valence-electron chi connectivity index (χ2n) is 7.36. The molecule has 0 aliphatic carbocycles. The zero-order valence-corrected chi connectivity index (χ0v) is 17.7. The Morgan fingerprint density at radius 1 is 1.00 bits per heavy atom. The molecule has 4 heterocycles. The molecule has 0 aliphatic heterocycles. The van der Waals surface area contributed by atoms with E-state index in [1.165, 1.54) is 12.1 Å². The van der Waals surface area contributed by atoms with Crippen molar-refractivity contribution in [3.8, 4) is 17.0 Å². The van der Waals surface area contributed by atoms with E-state index in [1.807, 2.05) is 35.8 Å². The van der Waals surface area contributed by atoms with E-state index in [9.17, 15) is 13.2 Å². The van der Waals surface area contributed by atoms with E-state index in [1.54, 1.807) is 35.3 Å². The Balaban J connectivity index is 1.35. The standard InChI is InChI=1S/C22H17F3N8O/c1-32-18(7-10-27-32)29-21-26-9-6-17(28-21)15-8-11-33-19(30-31-20(33)13-15)12-14-2-4-16(5-3-14)34-22(23,24)25/h2-11,13H,12H2,1H3,(H,26,28,29). The van der Waals surface area contributed by atoms with E-state index in [0.717, 1.165) is 16.9 Å². The molecule has 0 bridgehead atoms. The van der Waals surface area contributed by atoms with E-state index in [0.29, 0.717) is 29.5 Å². The maximum Gasteiger partial charge on any atom is 0.573 e. The third-order valence-corrected chi connectivity index (χ3v) is 5.01. The maximum atomic E-state index is 12.3. The Morgan fingerprint density at radius 3 is 2.56 bits per heavy atom. The van der Waals surface area contributed by atoms with Crippen LogP contribution in [0.1, 0.15) is 11.4 Å². The molecule has 9 nitrogen and oxygen atoms in total. The largest absolute Gasteiger partial charge is 0.573 e. The number of aryl methyl sites for hydroxylation is 1. The lowest BCUT2D eigenvalue weighted by Gasteiger charge is -2.09. The van der Waals surface area contributed by atoms with Crippen LogP contribution in [0.3, 0.4) is 0 Å². The minimum absolute atomic E-state index is 0.269. The second kappa shape index (κ2) is 8.46. The highest BCUT2D eigenvalue weighted by Crippen LogP contribution is 2.24. The summed E-state index contributed by atoms with van der Waals surface area (Å²) < 4.78 is 44.4. The van der Waals surface area contributed by atoms with Crippen molar-refractivity contribution in [3.63, 3.8) is 0 Å². The Kier molecular flexibility index (Phi) is 5.32. The fourth-order valence-electron chi connectivity index (χ4n) is 3.40. The summed E-state index contributed by atoms with van der Waals surface area (Å²) in [6, 6.07) is 13.0. The third kappa shape index (κ3) is 4.65. The molecule has 0 saturated heterocycles. The lowest BCUT2D eigenvalue weighted by Crippen LogP contribution is -2.17. The first-order chi connectivity index (χ1) is 16.3. The summed E-state index contributed by atoms with van der Waals surface area (Å²) in [4.78, 5) is 8.81. The van der Waals surface area contributed by atoms with Crippen LogP contribution in [-0.4, -0.2) is 40.7 Å². The van der Waals surface area contributed by atoms with E-state index in [-0.39, 0.29) is 5.75 Å². The zero-order valence-electron chi connectivity index (χ0n) is 17.7. The predicted molar refractivity (Wildman–Crippen MR) is 116 cm³/mol. The smallest absolute Gasteiger partial charge is 0.406 e. The molecule has 0 radical (unpaired) electrons. The van der Waals surface area contributed by atoms with E-state index < -0.39 is 6.36 Å². The highest BCUT2D eigenvalue weighted by atomic mass is 19.4. The van der Waals surface area contributed by atoms with Gasteiger partial charge < -0.3 is 10.1 Å². The number of anilines is 2. The molecule has 0 saturated carbocycles. The number of pyridine rings is 1. The summed E-state index contributed by atoms with van der Waals surface area (Å²) in [5.41, 5.74) is 2.92. The summed E-state index contributed by atoms with van der Waals surface area (Å²) in [5, 5.41) is 15.7. The van der Waals surface area contributed by atoms with Crippen LogP contribution in [0, 0.1) is 0 Å². The molecule has 0 amide bonds. The van der Waals surface area contributed by atoms with Gasteiger partial charge in [-0.1, -0.05) is 12.1 Å². The monoisotopic (exact) mass is 466 g/mol. The molecule has 0 aliphatic rings. The van der Waals surface area contributed by atoms with Crippen LogP contribution in [0.15, 0.2) is 67.1 Å². The van der Waals surface area contributed by atoms with E-state index >= 15 is 0 Å². The van der Waals surface area contributed by atoms with Gasteiger partial charge in [0.15, 0.2) is 5.65 Å². The average molecular weight is 466 g/mol. The van der Waals surface area contributed by atoms with Gasteiger partial charge in [-0.25, -0.2) is 9.97 Å². The molecular formula is C22H17F3N8O. The number of nitrogens with zero attached hydrogens (tertiary/aromatic N) is 7. The van der Waals surface area contributed by atoms with Gasteiger partial charge in [-0.2, -0.15) is 5.10 Å². The van der Waals surface area contributed by atoms with Gasteiger partial charge in [0.1, 0.15) is 17.4 Å². The van der Waals surface area contributed by atoms with Crippen molar-refractivity contribution in [2.75, 3.05) is 5.32 Å². The molecule has 1 aromatic carbocycles. The lowest BCUT2D eigenvalue weighted by molar-refractivity contribution is -0.274. The van der Waals surface area contributed by atoms with Crippen molar-refractivity contribution in [1.29, 1.82) is 0 Å². The van der Waals surface area contributed by atoms with Crippen molar-refractivity contribution in [1.82, 2.24) is 34.3 Å². The maximum absolute atomic E-state index is 12.3. The predicted octanol–water partition coefficient (Wildman–Crippen LogP) is 4.15. The highest BCUT2D eigenvalue weighted by Gasteiger charge is 2.30. The number of hydrogen-bond acceptors (Lipinski definition) is 7. The third-order valence-electron chi connectivity index (χ3n) is 5.01. The number of halogens is 3.